The standard InChI is InChI=1S/C22H17N3/c1-14-17-10-6-7-11-18(17)15(2)21-19(14)12-13-20-22(21)24-25(23-20)16-8-4-3-5-9-16/h3-13H,1-2H3. The Hall–Kier alpha value is -3.20. The van der Waals surface area contributed by atoms with Crippen molar-refractivity contribution in [1.29, 1.82) is 0 Å². The van der Waals surface area contributed by atoms with Gasteiger partial charge >= 0.3 is 0 Å². The van der Waals surface area contributed by atoms with Crippen molar-refractivity contribution >= 4 is 32.6 Å². The molecule has 3 nitrogen and oxygen atoms in total. The normalized spacial score (nSPS) is 11.6. The number of rotatable bonds is 1. The predicted octanol–water partition coefficient (Wildman–Crippen LogP) is 5.34. The van der Waals surface area contributed by atoms with E-state index in [9.17, 15) is 0 Å². The van der Waals surface area contributed by atoms with Gasteiger partial charge in [0.15, 0.2) is 0 Å². The highest BCUT2D eigenvalue weighted by molar-refractivity contribution is 6.14. The van der Waals surface area contributed by atoms with Gasteiger partial charge in [0.25, 0.3) is 0 Å². The molecule has 0 aliphatic heterocycles. The van der Waals surface area contributed by atoms with Crippen LogP contribution >= 0.6 is 0 Å². The van der Waals surface area contributed by atoms with Gasteiger partial charge < -0.3 is 0 Å². The van der Waals surface area contributed by atoms with Crippen LogP contribution in [0.5, 0.6) is 0 Å². The molecule has 0 amide bonds. The quantitative estimate of drug-likeness (QED) is 0.390. The summed E-state index contributed by atoms with van der Waals surface area (Å²) >= 11 is 0. The molecule has 0 saturated carbocycles. The van der Waals surface area contributed by atoms with Gasteiger partial charge in [-0.2, -0.15) is 4.80 Å². The molecular formula is C22H17N3. The van der Waals surface area contributed by atoms with Crippen LogP contribution in [0.15, 0.2) is 66.7 Å². The molecular weight excluding hydrogens is 306 g/mol. The van der Waals surface area contributed by atoms with Crippen LogP contribution in [0.2, 0.25) is 0 Å². The highest BCUT2D eigenvalue weighted by Crippen LogP contribution is 2.35. The largest absolute Gasteiger partial charge is 0.150 e. The average molecular weight is 323 g/mol. The van der Waals surface area contributed by atoms with E-state index >= 15 is 0 Å². The van der Waals surface area contributed by atoms with Crippen LogP contribution < -0.4 is 0 Å². The van der Waals surface area contributed by atoms with Crippen molar-refractivity contribution < 1.29 is 0 Å². The van der Waals surface area contributed by atoms with Gasteiger partial charge in [0.2, 0.25) is 0 Å². The van der Waals surface area contributed by atoms with Crippen molar-refractivity contribution in [3.05, 3.63) is 77.9 Å². The van der Waals surface area contributed by atoms with E-state index in [2.05, 4.69) is 55.3 Å². The predicted molar refractivity (Wildman–Crippen MR) is 103 cm³/mol. The van der Waals surface area contributed by atoms with Crippen LogP contribution in [-0.2, 0) is 0 Å². The third-order valence-electron chi connectivity index (χ3n) is 5.06. The minimum absolute atomic E-state index is 0.925. The lowest BCUT2D eigenvalue weighted by Crippen LogP contribution is -1.97. The summed E-state index contributed by atoms with van der Waals surface area (Å²) < 4.78 is 0. The summed E-state index contributed by atoms with van der Waals surface area (Å²) in [4.78, 5) is 1.73. The monoisotopic (exact) mass is 323 g/mol. The first-order chi connectivity index (χ1) is 12.2. The van der Waals surface area contributed by atoms with Crippen molar-refractivity contribution in [1.82, 2.24) is 15.0 Å². The van der Waals surface area contributed by atoms with E-state index in [0.29, 0.717) is 0 Å². The summed E-state index contributed by atoms with van der Waals surface area (Å²) in [6, 6.07) is 22.9. The Balaban J connectivity index is 1.93. The zero-order valence-electron chi connectivity index (χ0n) is 14.2. The molecule has 0 saturated heterocycles. The molecule has 0 aliphatic rings. The molecule has 0 bridgehead atoms. The Morgan fingerprint density at radius 3 is 2.08 bits per heavy atom. The van der Waals surface area contributed by atoms with Gasteiger partial charge in [-0.3, -0.25) is 0 Å². The Morgan fingerprint density at radius 1 is 0.640 bits per heavy atom. The maximum atomic E-state index is 4.83. The summed E-state index contributed by atoms with van der Waals surface area (Å²) in [5, 5.41) is 14.6. The molecule has 3 heteroatoms. The van der Waals surface area contributed by atoms with E-state index in [-0.39, 0.29) is 0 Å². The smallest absolute Gasteiger partial charge is 0.121 e. The number of para-hydroxylation sites is 1. The molecule has 1 heterocycles. The molecule has 0 radical (unpaired) electrons. The third-order valence-corrected chi connectivity index (χ3v) is 5.06. The van der Waals surface area contributed by atoms with Crippen LogP contribution in [0.3, 0.4) is 0 Å². The number of hydrogen-bond donors (Lipinski definition) is 0. The Bertz CT molecular complexity index is 1250. The second-order valence-electron chi connectivity index (χ2n) is 6.48. The molecule has 25 heavy (non-hydrogen) atoms. The van der Waals surface area contributed by atoms with Crippen molar-refractivity contribution in [2.45, 2.75) is 13.8 Å². The van der Waals surface area contributed by atoms with E-state index < -0.39 is 0 Å². The minimum Gasteiger partial charge on any atom is -0.150 e. The molecule has 0 unspecified atom stereocenters. The average Bonchev–Trinajstić information content (AvgIpc) is 3.10. The maximum Gasteiger partial charge on any atom is 0.121 e. The second-order valence-corrected chi connectivity index (χ2v) is 6.48. The Kier molecular flexibility index (Phi) is 2.92. The van der Waals surface area contributed by atoms with Crippen molar-refractivity contribution in [2.75, 3.05) is 0 Å². The first-order valence-corrected chi connectivity index (χ1v) is 8.47. The highest BCUT2D eigenvalue weighted by Gasteiger charge is 2.14. The van der Waals surface area contributed by atoms with Crippen LogP contribution in [0, 0.1) is 13.8 Å². The third kappa shape index (κ3) is 1.99. The van der Waals surface area contributed by atoms with Crippen LogP contribution in [-0.4, -0.2) is 15.0 Å². The van der Waals surface area contributed by atoms with Crippen molar-refractivity contribution in [3.63, 3.8) is 0 Å². The first-order valence-electron chi connectivity index (χ1n) is 8.47. The number of benzene rings is 4. The zero-order valence-corrected chi connectivity index (χ0v) is 14.2. The summed E-state index contributed by atoms with van der Waals surface area (Å²) in [6.45, 7) is 4.38. The molecule has 120 valence electrons. The highest BCUT2D eigenvalue weighted by atomic mass is 15.5. The molecule has 0 spiro atoms. The summed E-state index contributed by atoms with van der Waals surface area (Å²) in [5.74, 6) is 0. The van der Waals surface area contributed by atoms with Gasteiger partial charge in [-0.15, -0.1) is 10.2 Å². The van der Waals surface area contributed by atoms with Gasteiger partial charge in [0, 0.05) is 5.39 Å². The van der Waals surface area contributed by atoms with Gasteiger partial charge in [-0.25, -0.2) is 0 Å². The van der Waals surface area contributed by atoms with Gasteiger partial charge in [-0.1, -0.05) is 48.5 Å². The minimum atomic E-state index is 0.925. The summed E-state index contributed by atoms with van der Waals surface area (Å²) in [5.41, 5.74) is 5.43. The fraction of sp³-hybridized carbons (Fsp3) is 0.0909. The first kappa shape index (κ1) is 14.2. The van der Waals surface area contributed by atoms with Gasteiger partial charge in [-0.05, 0) is 59.3 Å². The lowest BCUT2D eigenvalue weighted by atomic mass is 9.92. The van der Waals surface area contributed by atoms with E-state index in [1.165, 1.54) is 32.7 Å². The fourth-order valence-electron chi connectivity index (χ4n) is 3.77. The zero-order chi connectivity index (χ0) is 17.0. The molecule has 5 rings (SSSR count). The number of nitrogens with zero attached hydrogens (tertiary/aromatic N) is 3. The number of aromatic nitrogens is 3. The summed E-state index contributed by atoms with van der Waals surface area (Å²) in [7, 11) is 0. The SMILES string of the molecule is Cc1c2ccccc2c(C)c2c1ccc1nn(-c3ccccc3)nc12. The van der Waals surface area contributed by atoms with E-state index in [0.717, 1.165) is 16.7 Å². The molecule has 0 fully saturated rings. The number of aryl methyl sites for hydroxylation is 2. The number of hydrogen-bond acceptors (Lipinski definition) is 2. The van der Waals surface area contributed by atoms with E-state index in [1.807, 2.05) is 30.3 Å². The van der Waals surface area contributed by atoms with Gasteiger partial charge in [0.1, 0.15) is 11.0 Å². The van der Waals surface area contributed by atoms with Crippen molar-refractivity contribution in [2.24, 2.45) is 0 Å². The van der Waals surface area contributed by atoms with Crippen LogP contribution in [0.4, 0.5) is 0 Å². The molecule has 4 aromatic carbocycles. The molecule has 1 aromatic heterocycles. The van der Waals surface area contributed by atoms with Crippen LogP contribution in [0.25, 0.3) is 38.3 Å². The topological polar surface area (TPSA) is 30.7 Å². The van der Waals surface area contributed by atoms with Crippen LogP contribution in [0.1, 0.15) is 11.1 Å². The van der Waals surface area contributed by atoms with Gasteiger partial charge in [0.05, 0.1) is 5.69 Å². The molecule has 0 N–H and O–H groups in total. The maximum absolute atomic E-state index is 4.83. The van der Waals surface area contributed by atoms with E-state index in [1.54, 1.807) is 4.80 Å². The molecule has 0 atom stereocenters. The molecule has 0 aliphatic carbocycles. The fourth-order valence-corrected chi connectivity index (χ4v) is 3.77. The molecule has 5 aromatic rings. The van der Waals surface area contributed by atoms with Crippen molar-refractivity contribution in [3.8, 4) is 5.69 Å². The lowest BCUT2D eigenvalue weighted by molar-refractivity contribution is 0.766. The Morgan fingerprint density at radius 2 is 1.32 bits per heavy atom. The lowest BCUT2D eigenvalue weighted by Gasteiger charge is -2.11. The summed E-state index contributed by atoms with van der Waals surface area (Å²) in [6.07, 6.45) is 0. The second kappa shape index (κ2) is 5.15. The Labute approximate surface area is 145 Å². The number of fused-ring (bicyclic) bond motifs is 4. The van der Waals surface area contributed by atoms with E-state index in [4.69, 9.17) is 5.10 Å².